The molecule has 0 saturated heterocycles. The van der Waals surface area contributed by atoms with E-state index in [0.29, 0.717) is 0 Å². The van der Waals surface area contributed by atoms with Crippen LogP contribution in [0.3, 0.4) is 0 Å². The number of carbonyl (C=O) groups excluding carboxylic acids is 2. The number of rotatable bonds is 6. The van der Waals surface area contributed by atoms with Crippen molar-refractivity contribution in [3.05, 3.63) is 0 Å². The van der Waals surface area contributed by atoms with E-state index in [1.165, 1.54) is 13.8 Å². The van der Waals surface area contributed by atoms with Crippen molar-refractivity contribution in [3.8, 4) is 0 Å². The van der Waals surface area contributed by atoms with E-state index in [1.807, 2.05) is 13.8 Å². The molecule has 4 nitrogen and oxygen atoms in total. The molecule has 0 fully saturated rings. The van der Waals surface area contributed by atoms with Gasteiger partial charge in [-0.25, -0.2) is 0 Å². The first-order valence-corrected chi connectivity index (χ1v) is 7.27. The standard InChI is InChI=1S/C5H8O2.2C2H5O.In/c1-4(6)3-5(2)7;2*1-2-3;/h3H2,1-2H3;2*2H2,1H3;/q;2*-1;+2. The summed E-state index contributed by atoms with van der Waals surface area (Å²) in [6.07, 6.45) is 0.0833. The van der Waals surface area contributed by atoms with Crippen LogP contribution in [0.2, 0.25) is 0 Å². The minimum atomic E-state index is -0.966. The summed E-state index contributed by atoms with van der Waals surface area (Å²) in [5.41, 5.74) is 0. The van der Waals surface area contributed by atoms with Crippen molar-refractivity contribution in [1.29, 1.82) is 0 Å². The van der Waals surface area contributed by atoms with E-state index in [9.17, 15) is 9.59 Å². The van der Waals surface area contributed by atoms with Crippen LogP contribution < -0.4 is 0 Å². The van der Waals surface area contributed by atoms with Gasteiger partial charge in [0, 0.05) is 0 Å². The summed E-state index contributed by atoms with van der Waals surface area (Å²) in [4.78, 5) is 20.1. The Morgan fingerprint density at radius 3 is 1.50 bits per heavy atom. The third-order valence-corrected chi connectivity index (χ3v) is 3.65. The van der Waals surface area contributed by atoms with Crippen LogP contribution in [0.1, 0.15) is 34.1 Å². The van der Waals surface area contributed by atoms with Gasteiger partial charge >= 0.3 is 56.5 Å². The predicted molar refractivity (Wildman–Crippen MR) is 55.0 cm³/mol. The van der Waals surface area contributed by atoms with Gasteiger partial charge in [-0.15, -0.1) is 0 Å². The molecule has 0 amide bonds. The first kappa shape index (κ1) is 16.6. The van der Waals surface area contributed by atoms with E-state index in [2.05, 4.69) is 0 Å². The topological polar surface area (TPSA) is 52.6 Å². The molecule has 1 radical (unpaired) electrons. The number of Topliss-reactive ketones (excluding diaryl/α,β-unsaturated/α-hetero) is 2. The van der Waals surface area contributed by atoms with Gasteiger partial charge in [0.15, 0.2) is 0 Å². The van der Waals surface area contributed by atoms with Gasteiger partial charge in [0.2, 0.25) is 0 Å². The van der Waals surface area contributed by atoms with Gasteiger partial charge < -0.3 is 0 Å². The number of hydrogen-bond donors (Lipinski definition) is 0. The summed E-state index contributed by atoms with van der Waals surface area (Å²) in [5, 5.41) is 0. The molecule has 0 heterocycles. The van der Waals surface area contributed by atoms with Crippen molar-refractivity contribution in [1.82, 2.24) is 0 Å². The summed E-state index contributed by atoms with van der Waals surface area (Å²) < 4.78 is 10.1. The zero-order valence-corrected chi connectivity index (χ0v) is 12.6. The molecular weight excluding hydrogens is 287 g/mol. The Kier molecular flexibility index (Phi) is 15.5. The molecule has 81 valence electrons. The molecule has 0 rings (SSSR count). The van der Waals surface area contributed by atoms with Gasteiger partial charge in [-0.1, -0.05) is 0 Å². The van der Waals surface area contributed by atoms with Crippen molar-refractivity contribution in [3.63, 3.8) is 0 Å². The number of carbonyl (C=O) groups is 2. The quantitative estimate of drug-likeness (QED) is 0.546. The Morgan fingerprint density at radius 1 is 1.00 bits per heavy atom. The van der Waals surface area contributed by atoms with Crippen LogP contribution in [0.15, 0.2) is 0 Å². The normalized spacial score (nSPS) is 8.57. The van der Waals surface area contributed by atoms with Crippen molar-refractivity contribution < 1.29 is 15.3 Å². The van der Waals surface area contributed by atoms with Gasteiger partial charge in [0.25, 0.3) is 0 Å². The Morgan fingerprint density at radius 2 is 1.36 bits per heavy atom. The molecule has 0 unspecified atom stereocenters. The van der Waals surface area contributed by atoms with Crippen molar-refractivity contribution in [2.24, 2.45) is 0 Å². The van der Waals surface area contributed by atoms with Crippen LogP contribution in [-0.4, -0.2) is 48.6 Å². The molecule has 0 aromatic carbocycles. The molecule has 0 aromatic heterocycles. The zero-order chi connectivity index (χ0) is 11.4. The van der Waals surface area contributed by atoms with E-state index in [1.54, 1.807) is 0 Å². The minimum absolute atomic E-state index is 0.0625. The average Bonchev–Trinajstić information content (AvgIpc) is 2.04. The first-order valence-electron chi connectivity index (χ1n) is 4.58. The second-order valence-electron chi connectivity index (χ2n) is 2.59. The third-order valence-electron chi connectivity index (χ3n) is 0.967. The summed E-state index contributed by atoms with van der Waals surface area (Å²) in [7, 11) is 0. The SMILES string of the molecule is CC(=O)CC(C)=O.CC[O][In][O]CC. The number of hydrogen-bond acceptors (Lipinski definition) is 4. The Bertz CT molecular complexity index is 143. The monoisotopic (exact) mass is 305 g/mol. The van der Waals surface area contributed by atoms with Crippen molar-refractivity contribution in [2.45, 2.75) is 34.1 Å². The molecule has 0 saturated carbocycles. The summed E-state index contributed by atoms with van der Waals surface area (Å²) in [6.45, 7) is 8.43. The van der Waals surface area contributed by atoms with Gasteiger partial charge in [-0.2, -0.15) is 0 Å². The van der Waals surface area contributed by atoms with E-state index in [0.717, 1.165) is 13.2 Å². The Hall–Kier alpha value is 0.130. The Balaban J connectivity index is 0. The molecule has 0 aromatic rings. The molecule has 5 heteroatoms. The molecule has 14 heavy (non-hydrogen) atoms. The Labute approximate surface area is 97.9 Å². The van der Waals surface area contributed by atoms with Crippen LogP contribution in [-0.2, 0) is 15.3 Å². The number of ketones is 2. The summed E-state index contributed by atoms with van der Waals surface area (Å²) >= 11 is -0.966. The maximum absolute atomic E-state index is 10.0. The van der Waals surface area contributed by atoms with Crippen LogP contribution in [0.25, 0.3) is 0 Å². The molecule has 0 bridgehead atoms. The molecule has 0 aliphatic rings. The fraction of sp³-hybridized carbons (Fsp3) is 0.778. The fourth-order valence-electron chi connectivity index (χ4n) is 0.535. The second-order valence-corrected chi connectivity index (χ2v) is 5.04. The summed E-state index contributed by atoms with van der Waals surface area (Å²) in [6, 6.07) is 0. The molecule has 0 aliphatic carbocycles. The van der Waals surface area contributed by atoms with Gasteiger partial charge in [0.05, 0.1) is 6.42 Å². The van der Waals surface area contributed by atoms with Crippen LogP contribution in [0.4, 0.5) is 0 Å². The van der Waals surface area contributed by atoms with Crippen LogP contribution in [0, 0.1) is 0 Å². The third kappa shape index (κ3) is 22.7. The van der Waals surface area contributed by atoms with Gasteiger partial charge in [-0.3, -0.25) is 9.59 Å². The second kappa shape index (κ2) is 13.1. The van der Waals surface area contributed by atoms with Gasteiger partial charge in [-0.05, 0) is 13.8 Å². The molecule has 0 N–H and O–H groups in total. The molecule has 0 spiro atoms. The van der Waals surface area contributed by atoms with Crippen molar-refractivity contribution in [2.75, 3.05) is 13.2 Å². The van der Waals surface area contributed by atoms with Crippen LogP contribution in [0.5, 0.6) is 0 Å². The van der Waals surface area contributed by atoms with E-state index < -0.39 is 23.8 Å². The maximum atomic E-state index is 10.0. The molecular formula is C9H18InO4. The first-order chi connectivity index (χ1) is 6.54. The zero-order valence-electron chi connectivity index (χ0n) is 9.33. The molecule has 0 aliphatic heterocycles. The van der Waals surface area contributed by atoms with Gasteiger partial charge in [0.1, 0.15) is 11.6 Å². The average molecular weight is 305 g/mol. The predicted octanol–water partition coefficient (Wildman–Crippen LogP) is 1.15. The fourth-order valence-corrected chi connectivity index (χ4v) is 1.59. The van der Waals surface area contributed by atoms with E-state index in [4.69, 9.17) is 5.71 Å². The van der Waals surface area contributed by atoms with Crippen molar-refractivity contribution >= 4 is 35.3 Å². The van der Waals surface area contributed by atoms with Crippen LogP contribution >= 0.6 is 0 Å². The molecule has 0 atom stereocenters. The van der Waals surface area contributed by atoms with E-state index >= 15 is 0 Å². The van der Waals surface area contributed by atoms with E-state index in [-0.39, 0.29) is 18.0 Å². The summed E-state index contributed by atoms with van der Waals surface area (Å²) in [5.74, 6) is -0.125.